The number of H-pyrrole nitrogens is 1. The van der Waals surface area contributed by atoms with Gasteiger partial charge in [-0.05, 0) is 18.2 Å². The van der Waals surface area contributed by atoms with Crippen molar-refractivity contribution in [2.75, 3.05) is 0 Å². The van der Waals surface area contributed by atoms with Crippen LogP contribution in [0.15, 0.2) is 29.4 Å². The first-order valence-corrected chi connectivity index (χ1v) is 4.20. The minimum atomic E-state index is -0.643. The van der Waals surface area contributed by atoms with Gasteiger partial charge in [0.25, 0.3) is 0 Å². The van der Waals surface area contributed by atoms with Crippen molar-refractivity contribution in [3.63, 3.8) is 0 Å². The van der Waals surface area contributed by atoms with Crippen LogP contribution < -0.4 is 0 Å². The second-order valence-corrected chi connectivity index (χ2v) is 2.98. The predicted octanol–water partition coefficient (Wildman–Crippen LogP) is 2.21. The van der Waals surface area contributed by atoms with Gasteiger partial charge in [0, 0.05) is 10.9 Å². The van der Waals surface area contributed by atoms with E-state index in [4.69, 9.17) is 10.8 Å². The summed E-state index contributed by atoms with van der Waals surface area (Å²) >= 11 is 0. The van der Waals surface area contributed by atoms with Crippen molar-refractivity contribution in [1.29, 1.82) is 10.8 Å². The number of hydrogen-bond acceptors (Lipinski definition) is 3. The Bertz CT molecular complexity index is 591. The molecule has 15 heavy (non-hydrogen) atoms. The van der Waals surface area contributed by atoms with Crippen LogP contribution in [0, 0.1) is 16.9 Å². The highest BCUT2D eigenvalue weighted by atomic mass is 16.1. The topological polar surface area (TPSA) is 92.9 Å². The number of carbonyl (C=O) groups is 1. The van der Waals surface area contributed by atoms with Crippen LogP contribution in [0.1, 0.15) is 16.1 Å². The van der Waals surface area contributed by atoms with Crippen molar-refractivity contribution in [2.24, 2.45) is 5.11 Å². The van der Waals surface area contributed by atoms with E-state index >= 15 is 0 Å². The zero-order valence-corrected chi connectivity index (χ0v) is 7.61. The van der Waals surface area contributed by atoms with E-state index in [1.54, 1.807) is 18.2 Å². The summed E-state index contributed by atoms with van der Waals surface area (Å²) in [5.74, 6) is -0.643. The van der Waals surface area contributed by atoms with E-state index < -0.39 is 5.91 Å². The maximum atomic E-state index is 11.1. The molecule has 0 aliphatic heterocycles. The summed E-state index contributed by atoms with van der Waals surface area (Å²) in [7, 11) is 0. The zero-order valence-electron chi connectivity index (χ0n) is 7.61. The molecule has 0 spiro atoms. The Kier molecular flexibility index (Phi) is 2.03. The lowest BCUT2D eigenvalue weighted by molar-refractivity contribution is 0.0987. The van der Waals surface area contributed by atoms with Gasteiger partial charge in [-0.15, -0.1) is 5.11 Å². The number of amides is 1. The number of hydrogen-bond donors (Lipinski definition) is 2. The summed E-state index contributed by atoms with van der Waals surface area (Å²) in [6, 6.07) is 8.72. The monoisotopic (exact) mass is 198 g/mol. The van der Waals surface area contributed by atoms with Crippen molar-refractivity contribution < 1.29 is 4.79 Å². The van der Waals surface area contributed by atoms with Crippen molar-refractivity contribution >= 4 is 16.8 Å². The third-order valence-corrected chi connectivity index (χ3v) is 2.12. The lowest BCUT2D eigenvalue weighted by Crippen LogP contribution is -1.91. The summed E-state index contributed by atoms with van der Waals surface area (Å²) in [6.07, 6.45) is 0. The quantitative estimate of drug-likeness (QED) is 0.687. The number of aromatic nitrogens is 1. The second kappa shape index (κ2) is 3.35. The number of nitrogens with zero attached hydrogens (tertiary/aromatic N) is 2. The molecular weight excluding hydrogens is 192 g/mol. The lowest BCUT2D eigenvalue weighted by atomic mass is 10.1. The van der Waals surface area contributed by atoms with Crippen LogP contribution in [-0.4, -0.2) is 10.9 Å². The summed E-state index contributed by atoms with van der Waals surface area (Å²) in [4.78, 5) is 13.9. The van der Waals surface area contributed by atoms with Crippen LogP contribution in [0.3, 0.4) is 0 Å². The van der Waals surface area contributed by atoms with E-state index in [0.29, 0.717) is 16.5 Å². The van der Waals surface area contributed by atoms with Crippen LogP contribution in [0.2, 0.25) is 0 Å². The fourth-order valence-corrected chi connectivity index (χ4v) is 1.43. The molecule has 1 aromatic heterocycles. The smallest absolute Gasteiger partial charge is 0.311 e. The summed E-state index contributed by atoms with van der Waals surface area (Å²) in [5.41, 5.74) is 8.02. The Balaban J connectivity index is 2.71. The van der Waals surface area contributed by atoms with Gasteiger partial charge in [-0.2, -0.15) is 5.26 Å². The third-order valence-electron chi connectivity index (χ3n) is 2.12. The van der Waals surface area contributed by atoms with Gasteiger partial charge >= 0.3 is 5.91 Å². The van der Waals surface area contributed by atoms with Crippen molar-refractivity contribution in [3.8, 4) is 6.07 Å². The molecule has 72 valence electrons. The minimum absolute atomic E-state index is 0.225. The van der Waals surface area contributed by atoms with Gasteiger partial charge in [-0.1, -0.05) is 6.07 Å². The highest BCUT2D eigenvalue weighted by Crippen LogP contribution is 2.19. The number of fused-ring (bicyclic) bond motifs is 1. The van der Waals surface area contributed by atoms with Gasteiger partial charge in [0.05, 0.1) is 11.6 Å². The van der Waals surface area contributed by atoms with Gasteiger partial charge in [0.2, 0.25) is 0 Å². The van der Waals surface area contributed by atoms with Gasteiger partial charge in [-0.25, -0.2) is 5.53 Å². The van der Waals surface area contributed by atoms with E-state index in [1.165, 1.54) is 6.07 Å². The average Bonchev–Trinajstić information content (AvgIpc) is 2.71. The van der Waals surface area contributed by atoms with Gasteiger partial charge in [-0.3, -0.25) is 4.79 Å². The molecule has 0 aliphatic rings. The molecule has 0 fully saturated rings. The zero-order chi connectivity index (χ0) is 10.8. The van der Waals surface area contributed by atoms with E-state index in [0.717, 1.165) is 0 Å². The first-order chi connectivity index (χ1) is 7.26. The normalized spacial score (nSPS) is 9.80. The van der Waals surface area contributed by atoms with Crippen LogP contribution in [0.25, 0.3) is 10.9 Å². The van der Waals surface area contributed by atoms with E-state index in [2.05, 4.69) is 10.1 Å². The molecule has 0 aliphatic carbocycles. The standard InChI is InChI=1S/C10H6N4O/c11-5-6-2-1-3-8-7(6)4-9(13-8)10(15)14-12/h1-4,12-13H. The number of nitrogens with one attached hydrogen (secondary N) is 2. The van der Waals surface area contributed by atoms with E-state index in [-0.39, 0.29) is 5.69 Å². The van der Waals surface area contributed by atoms with Crippen LogP contribution in [0.4, 0.5) is 0 Å². The second-order valence-electron chi connectivity index (χ2n) is 2.98. The van der Waals surface area contributed by atoms with Gasteiger partial charge < -0.3 is 4.98 Å². The number of rotatable bonds is 1. The molecule has 0 saturated heterocycles. The molecule has 0 saturated carbocycles. The minimum Gasteiger partial charge on any atom is -0.350 e. The van der Waals surface area contributed by atoms with E-state index in [1.807, 2.05) is 6.07 Å². The Morgan fingerprint density at radius 3 is 3.00 bits per heavy atom. The molecule has 0 atom stereocenters. The molecule has 5 heteroatoms. The fraction of sp³-hybridized carbons (Fsp3) is 0. The molecule has 0 unspecified atom stereocenters. The third kappa shape index (κ3) is 1.38. The molecule has 1 amide bonds. The van der Waals surface area contributed by atoms with Crippen LogP contribution >= 0.6 is 0 Å². The SMILES string of the molecule is N#Cc1cccc2[nH]c(C(=O)N=N)cc12. The molecule has 5 nitrogen and oxygen atoms in total. The van der Waals surface area contributed by atoms with Gasteiger partial charge in [0.15, 0.2) is 0 Å². The molecule has 1 aromatic carbocycles. The summed E-state index contributed by atoms with van der Waals surface area (Å²) < 4.78 is 0. The highest BCUT2D eigenvalue weighted by Gasteiger charge is 2.10. The first-order valence-electron chi connectivity index (χ1n) is 4.20. The Hall–Kier alpha value is -2.48. The first kappa shape index (κ1) is 9.09. The van der Waals surface area contributed by atoms with Crippen molar-refractivity contribution in [1.82, 2.24) is 4.98 Å². The lowest BCUT2D eigenvalue weighted by Gasteiger charge is -1.89. The van der Waals surface area contributed by atoms with Crippen molar-refractivity contribution in [3.05, 3.63) is 35.5 Å². The van der Waals surface area contributed by atoms with Gasteiger partial charge in [0.1, 0.15) is 5.69 Å². The number of aromatic amines is 1. The molecule has 0 bridgehead atoms. The van der Waals surface area contributed by atoms with E-state index in [9.17, 15) is 4.79 Å². The number of carbonyl (C=O) groups excluding carboxylic acids is 1. The number of benzene rings is 1. The fourth-order valence-electron chi connectivity index (χ4n) is 1.43. The summed E-state index contributed by atoms with van der Waals surface area (Å²) in [5, 5.41) is 12.3. The molecule has 2 aromatic rings. The largest absolute Gasteiger partial charge is 0.350 e. The maximum Gasteiger partial charge on any atom is 0.311 e. The molecule has 2 N–H and O–H groups in total. The Morgan fingerprint density at radius 1 is 1.53 bits per heavy atom. The molecular formula is C10H6N4O. The van der Waals surface area contributed by atoms with Crippen molar-refractivity contribution in [2.45, 2.75) is 0 Å². The highest BCUT2D eigenvalue weighted by molar-refractivity contribution is 5.99. The molecule has 0 radical (unpaired) electrons. The van der Waals surface area contributed by atoms with Crippen LogP contribution in [-0.2, 0) is 0 Å². The predicted molar refractivity (Wildman–Crippen MR) is 52.5 cm³/mol. The average molecular weight is 198 g/mol. The molecule has 2 rings (SSSR count). The Morgan fingerprint density at radius 2 is 2.33 bits per heavy atom. The molecule has 1 heterocycles. The number of nitriles is 1. The Labute approximate surface area is 84.8 Å². The van der Waals surface area contributed by atoms with Crippen LogP contribution in [0.5, 0.6) is 0 Å². The summed E-state index contributed by atoms with van der Waals surface area (Å²) in [6.45, 7) is 0. The maximum absolute atomic E-state index is 11.1.